The maximum atomic E-state index is 12.3. The zero-order chi connectivity index (χ0) is 19.6. The summed E-state index contributed by atoms with van der Waals surface area (Å²) in [7, 11) is 0. The van der Waals surface area contributed by atoms with Gasteiger partial charge < -0.3 is 5.32 Å². The van der Waals surface area contributed by atoms with Gasteiger partial charge in [0.2, 0.25) is 5.95 Å². The highest BCUT2D eigenvalue weighted by Gasteiger charge is 2.14. The van der Waals surface area contributed by atoms with Crippen LogP contribution < -0.4 is 16.2 Å². The van der Waals surface area contributed by atoms with E-state index in [-0.39, 0.29) is 11.5 Å². The molecular weight excluding hydrogens is 368 g/mol. The number of halogens is 1. The van der Waals surface area contributed by atoms with Crippen LogP contribution in [-0.4, -0.2) is 25.8 Å². The number of urea groups is 1. The fourth-order valence-electron chi connectivity index (χ4n) is 2.43. The number of H-pyrrole nitrogens is 1. The number of benzene rings is 1. The van der Waals surface area contributed by atoms with Crippen molar-refractivity contribution in [1.82, 2.24) is 25.1 Å². The number of carbonyl (C=O) groups is 1. The second kappa shape index (κ2) is 7.63. The van der Waals surface area contributed by atoms with Gasteiger partial charge >= 0.3 is 6.03 Å². The minimum atomic E-state index is -0.405. The van der Waals surface area contributed by atoms with Gasteiger partial charge in [-0.05, 0) is 38.5 Å². The van der Waals surface area contributed by atoms with Crippen LogP contribution in [0.1, 0.15) is 22.5 Å². The Hall–Kier alpha value is -3.13. The lowest BCUT2D eigenvalue weighted by Crippen LogP contribution is -2.29. The number of hydrogen-bond donors (Lipinski definition) is 3. The number of aromatic amines is 1. The summed E-state index contributed by atoms with van der Waals surface area (Å²) in [6.07, 6.45) is 0. The Morgan fingerprint density at radius 1 is 1.22 bits per heavy atom. The zero-order valence-electron chi connectivity index (χ0n) is 15.1. The van der Waals surface area contributed by atoms with Gasteiger partial charge in [-0.3, -0.25) is 15.1 Å². The van der Waals surface area contributed by atoms with Gasteiger partial charge in [-0.1, -0.05) is 23.7 Å². The van der Waals surface area contributed by atoms with Crippen LogP contribution in [0.25, 0.3) is 5.95 Å². The Labute approximate surface area is 160 Å². The van der Waals surface area contributed by atoms with Crippen LogP contribution in [0, 0.1) is 20.8 Å². The molecule has 0 saturated carbocycles. The fraction of sp³-hybridized carbons (Fsp3) is 0.222. The molecule has 0 spiro atoms. The van der Waals surface area contributed by atoms with Crippen LogP contribution in [0.15, 0.2) is 35.1 Å². The number of anilines is 1. The number of nitrogens with one attached hydrogen (secondary N) is 3. The van der Waals surface area contributed by atoms with Gasteiger partial charge in [0.05, 0.1) is 5.69 Å². The molecule has 0 atom stereocenters. The molecule has 0 aliphatic heterocycles. The van der Waals surface area contributed by atoms with Crippen LogP contribution in [0.5, 0.6) is 0 Å². The third kappa shape index (κ3) is 4.35. The van der Waals surface area contributed by atoms with Crippen molar-refractivity contribution in [2.24, 2.45) is 0 Å². The second-order valence-corrected chi connectivity index (χ2v) is 6.55. The number of aryl methyl sites for hydroxylation is 2. The van der Waals surface area contributed by atoms with E-state index >= 15 is 0 Å². The summed E-state index contributed by atoms with van der Waals surface area (Å²) in [6, 6.07) is 8.48. The molecule has 0 bridgehead atoms. The van der Waals surface area contributed by atoms with Crippen LogP contribution in [-0.2, 0) is 6.54 Å². The smallest absolute Gasteiger partial charge is 0.320 e. The number of hydrogen-bond acceptors (Lipinski definition) is 4. The van der Waals surface area contributed by atoms with Crippen LogP contribution >= 0.6 is 11.6 Å². The first kappa shape index (κ1) is 18.7. The van der Waals surface area contributed by atoms with E-state index in [0.717, 1.165) is 5.56 Å². The number of amides is 2. The van der Waals surface area contributed by atoms with Gasteiger partial charge in [0.15, 0.2) is 0 Å². The summed E-state index contributed by atoms with van der Waals surface area (Å²) in [5, 5.41) is 10.4. The maximum absolute atomic E-state index is 12.3. The average molecular weight is 387 g/mol. The van der Waals surface area contributed by atoms with E-state index in [1.165, 1.54) is 4.68 Å². The molecule has 0 aliphatic rings. The first-order chi connectivity index (χ1) is 12.8. The summed E-state index contributed by atoms with van der Waals surface area (Å²) < 4.78 is 1.39. The predicted molar refractivity (Wildman–Crippen MR) is 104 cm³/mol. The molecule has 0 radical (unpaired) electrons. The molecule has 2 heterocycles. The number of rotatable bonds is 4. The van der Waals surface area contributed by atoms with E-state index in [1.807, 2.05) is 12.1 Å². The van der Waals surface area contributed by atoms with Gasteiger partial charge in [-0.15, -0.1) is 0 Å². The average Bonchev–Trinajstić information content (AvgIpc) is 2.99. The fourth-order valence-corrected chi connectivity index (χ4v) is 2.55. The maximum Gasteiger partial charge on any atom is 0.320 e. The Bertz CT molecular complexity index is 1040. The van der Waals surface area contributed by atoms with Gasteiger partial charge in [-0.25, -0.2) is 9.78 Å². The van der Waals surface area contributed by atoms with Crippen LogP contribution in [0.3, 0.4) is 0 Å². The van der Waals surface area contributed by atoms with E-state index in [4.69, 9.17) is 11.6 Å². The minimum absolute atomic E-state index is 0.240. The molecule has 27 heavy (non-hydrogen) atoms. The quantitative estimate of drug-likeness (QED) is 0.641. The molecule has 8 nitrogen and oxygen atoms in total. The van der Waals surface area contributed by atoms with Crippen molar-refractivity contribution in [3.05, 3.63) is 68.2 Å². The highest BCUT2D eigenvalue weighted by atomic mass is 35.5. The topological polar surface area (TPSA) is 105 Å². The monoisotopic (exact) mass is 386 g/mol. The summed E-state index contributed by atoms with van der Waals surface area (Å²) in [5.74, 6) is 0.636. The minimum Gasteiger partial charge on any atom is -0.334 e. The highest BCUT2D eigenvalue weighted by molar-refractivity contribution is 6.30. The number of nitrogens with zero attached hydrogens (tertiary/aromatic N) is 3. The van der Waals surface area contributed by atoms with Gasteiger partial charge in [0.1, 0.15) is 5.82 Å². The standard InChI is InChI=1S/C18H19ClN6O2/c1-10-8-15(22-18(27)20-9-13-4-6-14(19)7-5-13)25(24-10)17-21-12(3)11(2)16(26)23-17/h4-8H,9H2,1-3H3,(H2,20,22,27)(H,21,23,26). The molecule has 0 aliphatic carbocycles. The third-order valence-electron chi connectivity index (χ3n) is 4.02. The van der Waals surface area contributed by atoms with Gasteiger partial charge in [-0.2, -0.15) is 9.78 Å². The second-order valence-electron chi connectivity index (χ2n) is 6.12. The van der Waals surface area contributed by atoms with Crippen molar-refractivity contribution in [3.63, 3.8) is 0 Å². The molecule has 3 aromatic rings. The third-order valence-corrected chi connectivity index (χ3v) is 4.27. The lowest BCUT2D eigenvalue weighted by molar-refractivity contribution is 0.251. The molecular formula is C18H19ClN6O2. The first-order valence-corrected chi connectivity index (χ1v) is 8.65. The first-order valence-electron chi connectivity index (χ1n) is 8.27. The Kier molecular flexibility index (Phi) is 5.27. The van der Waals surface area contributed by atoms with Crippen molar-refractivity contribution in [2.45, 2.75) is 27.3 Å². The lowest BCUT2D eigenvalue weighted by atomic mass is 10.2. The van der Waals surface area contributed by atoms with Gasteiger partial charge in [0.25, 0.3) is 5.56 Å². The molecule has 1 aromatic carbocycles. The molecule has 140 valence electrons. The largest absolute Gasteiger partial charge is 0.334 e. The van der Waals surface area contributed by atoms with E-state index in [9.17, 15) is 9.59 Å². The molecule has 0 unspecified atom stereocenters. The Morgan fingerprint density at radius 3 is 2.59 bits per heavy atom. The predicted octanol–water partition coefficient (Wildman–Crippen LogP) is 2.86. The van der Waals surface area contributed by atoms with E-state index in [0.29, 0.717) is 34.3 Å². The van der Waals surface area contributed by atoms with Crippen molar-refractivity contribution in [2.75, 3.05) is 5.32 Å². The SMILES string of the molecule is Cc1cc(NC(=O)NCc2ccc(Cl)cc2)n(-c2nc(C)c(C)c(=O)[nH]2)n1. The summed E-state index contributed by atoms with van der Waals surface area (Å²) >= 11 is 5.85. The summed E-state index contributed by atoms with van der Waals surface area (Å²) in [4.78, 5) is 31.3. The van der Waals surface area contributed by atoms with Crippen molar-refractivity contribution in [1.29, 1.82) is 0 Å². The molecule has 3 N–H and O–H groups in total. The van der Waals surface area contributed by atoms with Crippen molar-refractivity contribution >= 4 is 23.4 Å². The molecule has 0 saturated heterocycles. The summed E-state index contributed by atoms with van der Waals surface area (Å²) in [5.41, 5.74) is 2.48. The molecule has 2 amide bonds. The summed E-state index contributed by atoms with van der Waals surface area (Å²) in [6.45, 7) is 5.57. The lowest BCUT2D eigenvalue weighted by Gasteiger charge is -2.10. The van der Waals surface area contributed by atoms with Gasteiger partial charge in [0, 0.05) is 28.9 Å². The molecule has 0 fully saturated rings. The normalized spacial score (nSPS) is 10.7. The van der Waals surface area contributed by atoms with Crippen LogP contribution in [0.4, 0.5) is 10.6 Å². The Balaban J connectivity index is 1.77. The zero-order valence-corrected chi connectivity index (χ0v) is 15.9. The number of aromatic nitrogens is 4. The molecule has 2 aromatic heterocycles. The number of carbonyl (C=O) groups excluding carboxylic acids is 1. The Morgan fingerprint density at radius 2 is 1.93 bits per heavy atom. The highest BCUT2D eigenvalue weighted by Crippen LogP contribution is 2.14. The molecule has 3 rings (SSSR count). The van der Waals surface area contributed by atoms with E-state index in [1.54, 1.807) is 39.0 Å². The molecule has 9 heteroatoms. The van der Waals surface area contributed by atoms with Crippen molar-refractivity contribution < 1.29 is 4.79 Å². The van der Waals surface area contributed by atoms with E-state index in [2.05, 4.69) is 25.7 Å². The van der Waals surface area contributed by atoms with Crippen LogP contribution in [0.2, 0.25) is 5.02 Å². The van der Waals surface area contributed by atoms with Crippen molar-refractivity contribution in [3.8, 4) is 5.95 Å². The van der Waals surface area contributed by atoms with E-state index < -0.39 is 6.03 Å².